The zero-order valence-corrected chi connectivity index (χ0v) is 15.5. The van der Waals surface area contributed by atoms with E-state index >= 15 is 0 Å². The molecule has 5 rings (SSSR count). The molecular formula is C21H14N6S. The van der Waals surface area contributed by atoms with Crippen molar-refractivity contribution < 1.29 is 0 Å². The maximum absolute atomic E-state index is 4.39. The highest BCUT2D eigenvalue weighted by Gasteiger charge is 2.12. The van der Waals surface area contributed by atoms with Crippen LogP contribution in [0.3, 0.4) is 0 Å². The maximum atomic E-state index is 4.39. The van der Waals surface area contributed by atoms with Gasteiger partial charge in [-0.05, 0) is 23.3 Å². The van der Waals surface area contributed by atoms with E-state index in [4.69, 9.17) is 0 Å². The molecule has 0 saturated heterocycles. The summed E-state index contributed by atoms with van der Waals surface area (Å²) < 4.78 is 0. The van der Waals surface area contributed by atoms with Crippen LogP contribution in [0.4, 0.5) is 5.82 Å². The van der Waals surface area contributed by atoms with Crippen LogP contribution >= 0.6 is 11.3 Å². The van der Waals surface area contributed by atoms with Crippen LogP contribution in [-0.4, -0.2) is 26.2 Å². The molecule has 5 aromatic rings. The molecule has 0 bridgehead atoms. The van der Waals surface area contributed by atoms with Crippen molar-refractivity contribution >= 4 is 44.6 Å². The van der Waals surface area contributed by atoms with Crippen molar-refractivity contribution in [2.24, 2.45) is 5.10 Å². The largest absolute Gasteiger partial charge is 0.261 e. The number of nitrogens with one attached hydrogen (secondary N) is 1. The number of hydrazone groups is 1. The lowest BCUT2D eigenvalue weighted by molar-refractivity contribution is 1.19. The van der Waals surface area contributed by atoms with E-state index in [1.165, 1.54) is 0 Å². The first-order valence-corrected chi connectivity index (χ1v) is 9.54. The fourth-order valence-electron chi connectivity index (χ4n) is 3.02. The Hall–Kier alpha value is -3.71. The van der Waals surface area contributed by atoms with Crippen molar-refractivity contribution in [2.45, 2.75) is 0 Å². The first-order chi connectivity index (χ1) is 13.9. The van der Waals surface area contributed by atoms with Gasteiger partial charge in [-0.1, -0.05) is 36.4 Å². The second-order valence-corrected chi connectivity index (χ2v) is 6.95. The summed E-state index contributed by atoms with van der Waals surface area (Å²) in [6.45, 7) is 0. The SMILES string of the molecule is C(=N\Nc1ncnc2scc(-c3ccccc3)c12)/c1ccc2nccnc2c1. The van der Waals surface area contributed by atoms with E-state index in [2.05, 4.69) is 48.0 Å². The van der Waals surface area contributed by atoms with Gasteiger partial charge in [0.05, 0.1) is 22.6 Å². The Balaban J connectivity index is 1.48. The second kappa shape index (κ2) is 7.13. The Labute approximate surface area is 164 Å². The summed E-state index contributed by atoms with van der Waals surface area (Å²) in [6, 6.07) is 16.0. The number of nitrogens with zero attached hydrogens (tertiary/aromatic N) is 5. The van der Waals surface area contributed by atoms with E-state index < -0.39 is 0 Å². The van der Waals surface area contributed by atoms with E-state index in [0.717, 1.165) is 37.9 Å². The Kier molecular flexibility index (Phi) is 4.19. The highest BCUT2D eigenvalue weighted by molar-refractivity contribution is 7.17. The number of anilines is 1. The number of hydrogen-bond acceptors (Lipinski definition) is 7. The Morgan fingerprint density at radius 1 is 0.893 bits per heavy atom. The smallest absolute Gasteiger partial charge is 0.159 e. The molecule has 2 aromatic carbocycles. The summed E-state index contributed by atoms with van der Waals surface area (Å²) in [7, 11) is 0. The minimum Gasteiger partial charge on any atom is -0.261 e. The summed E-state index contributed by atoms with van der Waals surface area (Å²) >= 11 is 1.60. The predicted molar refractivity (Wildman–Crippen MR) is 114 cm³/mol. The molecule has 0 fully saturated rings. The molecule has 0 radical (unpaired) electrons. The lowest BCUT2D eigenvalue weighted by Gasteiger charge is -2.04. The van der Waals surface area contributed by atoms with Gasteiger partial charge in [0, 0.05) is 23.3 Å². The highest BCUT2D eigenvalue weighted by atomic mass is 32.1. The monoisotopic (exact) mass is 382 g/mol. The summed E-state index contributed by atoms with van der Waals surface area (Å²) in [6.07, 6.45) is 6.66. The molecule has 6 nitrogen and oxygen atoms in total. The molecule has 3 heterocycles. The van der Waals surface area contributed by atoms with E-state index in [0.29, 0.717) is 5.82 Å². The van der Waals surface area contributed by atoms with Gasteiger partial charge in [0.1, 0.15) is 11.2 Å². The molecule has 134 valence electrons. The Morgan fingerprint density at radius 2 is 1.75 bits per heavy atom. The van der Waals surface area contributed by atoms with Gasteiger partial charge in [-0.2, -0.15) is 5.10 Å². The Morgan fingerprint density at radius 3 is 2.64 bits per heavy atom. The molecule has 0 aliphatic rings. The normalized spacial score (nSPS) is 11.4. The van der Waals surface area contributed by atoms with Crippen LogP contribution in [0.25, 0.3) is 32.4 Å². The summed E-state index contributed by atoms with van der Waals surface area (Å²) in [5.74, 6) is 0.682. The Bertz CT molecular complexity index is 1300. The van der Waals surface area contributed by atoms with Gasteiger partial charge >= 0.3 is 0 Å². The van der Waals surface area contributed by atoms with E-state index in [1.54, 1.807) is 36.3 Å². The quantitative estimate of drug-likeness (QED) is 0.359. The maximum Gasteiger partial charge on any atom is 0.159 e. The predicted octanol–water partition coefficient (Wildman–Crippen LogP) is 4.75. The van der Waals surface area contributed by atoms with Gasteiger partial charge < -0.3 is 0 Å². The minimum atomic E-state index is 0.682. The van der Waals surface area contributed by atoms with Gasteiger partial charge in [0.2, 0.25) is 0 Å². The molecule has 0 saturated carbocycles. The average Bonchev–Trinajstić information content (AvgIpc) is 3.19. The third-order valence-corrected chi connectivity index (χ3v) is 5.22. The molecule has 1 N–H and O–H groups in total. The number of benzene rings is 2. The average molecular weight is 382 g/mol. The lowest BCUT2D eigenvalue weighted by Crippen LogP contribution is -1.96. The number of hydrogen-bond donors (Lipinski definition) is 1. The number of fused-ring (bicyclic) bond motifs is 2. The lowest BCUT2D eigenvalue weighted by atomic mass is 10.1. The van der Waals surface area contributed by atoms with Crippen molar-refractivity contribution in [1.29, 1.82) is 0 Å². The van der Waals surface area contributed by atoms with Crippen LogP contribution in [0.15, 0.2) is 77.7 Å². The van der Waals surface area contributed by atoms with E-state index in [1.807, 2.05) is 36.4 Å². The summed E-state index contributed by atoms with van der Waals surface area (Å²) in [4.78, 5) is 18.3. The zero-order chi connectivity index (χ0) is 18.8. The molecule has 0 unspecified atom stereocenters. The van der Waals surface area contributed by atoms with Crippen molar-refractivity contribution in [3.05, 3.63) is 78.2 Å². The highest BCUT2D eigenvalue weighted by Crippen LogP contribution is 2.36. The fourth-order valence-corrected chi connectivity index (χ4v) is 3.93. The summed E-state index contributed by atoms with van der Waals surface area (Å²) in [5, 5.41) is 7.45. The first-order valence-electron chi connectivity index (χ1n) is 8.66. The second-order valence-electron chi connectivity index (χ2n) is 6.09. The van der Waals surface area contributed by atoms with Gasteiger partial charge in [0.25, 0.3) is 0 Å². The van der Waals surface area contributed by atoms with Crippen molar-refractivity contribution in [3.8, 4) is 11.1 Å². The van der Waals surface area contributed by atoms with Gasteiger partial charge in [-0.3, -0.25) is 15.4 Å². The molecule has 0 aliphatic carbocycles. The number of rotatable bonds is 4. The minimum absolute atomic E-state index is 0.682. The molecule has 0 aliphatic heterocycles. The van der Waals surface area contributed by atoms with Crippen LogP contribution in [0, 0.1) is 0 Å². The van der Waals surface area contributed by atoms with Crippen LogP contribution in [0.5, 0.6) is 0 Å². The zero-order valence-electron chi connectivity index (χ0n) is 14.6. The van der Waals surface area contributed by atoms with Crippen LogP contribution in [-0.2, 0) is 0 Å². The molecule has 3 aromatic heterocycles. The standard InChI is InChI=1S/C21H14N6S/c1-2-4-15(5-3-1)16-12-28-21-19(16)20(24-13-25-21)27-26-11-14-6-7-17-18(10-14)23-9-8-22-17/h1-13H,(H,24,25,27)/b26-11+. The van der Waals surface area contributed by atoms with E-state index in [-0.39, 0.29) is 0 Å². The molecule has 0 spiro atoms. The van der Waals surface area contributed by atoms with Crippen LogP contribution in [0.2, 0.25) is 0 Å². The topological polar surface area (TPSA) is 76.0 Å². The molecule has 28 heavy (non-hydrogen) atoms. The van der Waals surface area contributed by atoms with Crippen LogP contribution in [0.1, 0.15) is 5.56 Å². The van der Waals surface area contributed by atoms with Gasteiger partial charge in [-0.15, -0.1) is 11.3 Å². The number of thiophene rings is 1. The molecular weight excluding hydrogens is 368 g/mol. The third-order valence-electron chi connectivity index (χ3n) is 4.33. The van der Waals surface area contributed by atoms with E-state index in [9.17, 15) is 0 Å². The molecule has 0 atom stereocenters. The first kappa shape index (κ1) is 16.5. The van der Waals surface area contributed by atoms with Crippen molar-refractivity contribution in [1.82, 2.24) is 19.9 Å². The molecule has 7 heteroatoms. The van der Waals surface area contributed by atoms with Gasteiger partial charge in [-0.25, -0.2) is 9.97 Å². The molecule has 0 amide bonds. The third kappa shape index (κ3) is 3.08. The van der Waals surface area contributed by atoms with Crippen molar-refractivity contribution in [2.75, 3.05) is 5.43 Å². The van der Waals surface area contributed by atoms with Crippen molar-refractivity contribution in [3.63, 3.8) is 0 Å². The summed E-state index contributed by atoms with van der Waals surface area (Å²) in [5.41, 5.74) is 7.92. The van der Waals surface area contributed by atoms with Gasteiger partial charge in [0.15, 0.2) is 5.82 Å². The van der Waals surface area contributed by atoms with Crippen LogP contribution < -0.4 is 5.43 Å². The number of aromatic nitrogens is 4. The fraction of sp³-hybridized carbons (Fsp3) is 0.